The van der Waals surface area contributed by atoms with Crippen LogP contribution in [0.15, 0.2) is 49.1 Å². The average Bonchev–Trinajstić information content (AvgIpc) is 3.01. The van der Waals surface area contributed by atoms with E-state index in [-0.39, 0.29) is 5.91 Å². The van der Waals surface area contributed by atoms with Gasteiger partial charge in [0.1, 0.15) is 11.6 Å². The van der Waals surface area contributed by atoms with Gasteiger partial charge in [-0.3, -0.25) is 9.36 Å². The van der Waals surface area contributed by atoms with Gasteiger partial charge in [0, 0.05) is 18.0 Å². The molecule has 3 aromatic rings. The van der Waals surface area contributed by atoms with Crippen LogP contribution >= 0.6 is 0 Å². The zero-order valence-electron chi connectivity index (χ0n) is 12.7. The van der Waals surface area contributed by atoms with Gasteiger partial charge in [0.05, 0.1) is 25.2 Å². The van der Waals surface area contributed by atoms with Crippen molar-refractivity contribution in [3.05, 3.63) is 60.4 Å². The van der Waals surface area contributed by atoms with Crippen molar-refractivity contribution in [2.75, 3.05) is 12.4 Å². The molecule has 116 valence electrons. The molecule has 1 aromatic carbocycles. The van der Waals surface area contributed by atoms with E-state index in [1.54, 1.807) is 60.7 Å². The van der Waals surface area contributed by atoms with Crippen molar-refractivity contribution >= 4 is 11.6 Å². The second-order valence-electron chi connectivity index (χ2n) is 4.80. The van der Waals surface area contributed by atoms with Crippen LogP contribution in [0.3, 0.4) is 0 Å². The van der Waals surface area contributed by atoms with Gasteiger partial charge in [0.15, 0.2) is 0 Å². The number of hydrogen-bond acceptors (Lipinski definition) is 5. The Hall–Kier alpha value is -3.22. The molecule has 0 saturated heterocycles. The molecule has 0 atom stereocenters. The van der Waals surface area contributed by atoms with Gasteiger partial charge in [-0.05, 0) is 25.1 Å². The molecular weight excluding hydrogens is 294 g/mol. The predicted molar refractivity (Wildman–Crippen MR) is 84.8 cm³/mol. The molecule has 2 heterocycles. The quantitative estimate of drug-likeness (QED) is 0.799. The first-order chi connectivity index (χ1) is 11.2. The maximum atomic E-state index is 12.2. The van der Waals surface area contributed by atoms with Crippen molar-refractivity contribution in [3.63, 3.8) is 0 Å². The van der Waals surface area contributed by atoms with Crippen LogP contribution in [0.1, 0.15) is 16.2 Å². The zero-order valence-corrected chi connectivity index (χ0v) is 12.7. The van der Waals surface area contributed by atoms with E-state index in [9.17, 15) is 4.79 Å². The molecule has 23 heavy (non-hydrogen) atoms. The number of carbonyl (C=O) groups excluding carboxylic acids is 1. The lowest BCUT2D eigenvalue weighted by Gasteiger charge is -2.07. The van der Waals surface area contributed by atoms with E-state index in [1.807, 2.05) is 6.92 Å². The maximum Gasteiger partial charge on any atom is 0.255 e. The normalized spacial score (nSPS) is 10.3. The number of amides is 1. The van der Waals surface area contributed by atoms with Crippen LogP contribution in [0.5, 0.6) is 5.75 Å². The summed E-state index contributed by atoms with van der Waals surface area (Å²) in [5, 5.41) is 2.75. The SMILES string of the molecule is COc1cccc(C(=O)Nc2cnc(-n3ccnc3C)nc2)c1. The lowest BCUT2D eigenvalue weighted by molar-refractivity contribution is 0.102. The Labute approximate surface area is 133 Å². The molecule has 0 spiro atoms. The highest BCUT2D eigenvalue weighted by Gasteiger charge is 2.09. The highest BCUT2D eigenvalue weighted by Crippen LogP contribution is 2.14. The number of rotatable bonds is 4. The summed E-state index contributed by atoms with van der Waals surface area (Å²) in [7, 11) is 1.56. The first-order valence-electron chi connectivity index (χ1n) is 6.95. The minimum atomic E-state index is -0.251. The van der Waals surface area contributed by atoms with Crippen LogP contribution in [0.4, 0.5) is 5.69 Å². The molecule has 0 aliphatic carbocycles. The summed E-state index contributed by atoms with van der Waals surface area (Å²) in [4.78, 5) is 24.8. The Kier molecular flexibility index (Phi) is 4.01. The lowest BCUT2D eigenvalue weighted by atomic mass is 10.2. The van der Waals surface area contributed by atoms with Crippen LogP contribution in [-0.4, -0.2) is 32.5 Å². The van der Waals surface area contributed by atoms with Gasteiger partial charge < -0.3 is 10.1 Å². The van der Waals surface area contributed by atoms with Crippen molar-refractivity contribution in [1.82, 2.24) is 19.5 Å². The molecule has 0 aliphatic heterocycles. The molecule has 7 heteroatoms. The van der Waals surface area contributed by atoms with Gasteiger partial charge in [-0.2, -0.15) is 0 Å². The van der Waals surface area contributed by atoms with Crippen molar-refractivity contribution in [3.8, 4) is 11.7 Å². The number of benzene rings is 1. The summed E-state index contributed by atoms with van der Waals surface area (Å²) in [6.07, 6.45) is 6.57. The average molecular weight is 309 g/mol. The smallest absolute Gasteiger partial charge is 0.255 e. The highest BCUT2D eigenvalue weighted by molar-refractivity contribution is 6.04. The van der Waals surface area contributed by atoms with Crippen molar-refractivity contribution in [2.24, 2.45) is 0 Å². The third kappa shape index (κ3) is 3.18. The second-order valence-corrected chi connectivity index (χ2v) is 4.80. The molecule has 7 nitrogen and oxygen atoms in total. The monoisotopic (exact) mass is 309 g/mol. The third-order valence-corrected chi connectivity index (χ3v) is 3.27. The number of nitrogens with zero attached hydrogens (tertiary/aromatic N) is 4. The molecule has 3 rings (SSSR count). The Morgan fingerprint density at radius 1 is 1.22 bits per heavy atom. The molecule has 0 radical (unpaired) electrons. The number of ether oxygens (including phenoxy) is 1. The fourth-order valence-corrected chi connectivity index (χ4v) is 2.07. The van der Waals surface area contributed by atoms with E-state index < -0.39 is 0 Å². The second kappa shape index (κ2) is 6.27. The minimum Gasteiger partial charge on any atom is -0.497 e. The molecular formula is C16H15N5O2. The van der Waals surface area contributed by atoms with E-state index in [2.05, 4.69) is 20.3 Å². The van der Waals surface area contributed by atoms with E-state index in [0.717, 1.165) is 5.82 Å². The first-order valence-corrected chi connectivity index (χ1v) is 6.95. The Morgan fingerprint density at radius 3 is 2.65 bits per heavy atom. The summed E-state index contributed by atoms with van der Waals surface area (Å²) >= 11 is 0. The fourth-order valence-electron chi connectivity index (χ4n) is 2.07. The summed E-state index contributed by atoms with van der Waals surface area (Å²) < 4.78 is 6.87. The zero-order chi connectivity index (χ0) is 16.2. The van der Waals surface area contributed by atoms with Crippen LogP contribution in [0, 0.1) is 6.92 Å². The van der Waals surface area contributed by atoms with Crippen LogP contribution in [0.25, 0.3) is 5.95 Å². The molecule has 2 aromatic heterocycles. The van der Waals surface area contributed by atoms with E-state index >= 15 is 0 Å². The number of aromatic nitrogens is 4. The maximum absolute atomic E-state index is 12.2. The Morgan fingerprint density at radius 2 is 2.00 bits per heavy atom. The van der Waals surface area contributed by atoms with Gasteiger partial charge in [0.2, 0.25) is 5.95 Å². The summed E-state index contributed by atoms with van der Waals surface area (Å²) in [6, 6.07) is 6.92. The van der Waals surface area contributed by atoms with Gasteiger partial charge in [-0.25, -0.2) is 15.0 Å². The van der Waals surface area contributed by atoms with Crippen LogP contribution in [-0.2, 0) is 0 Å². The molecule has 1 N–H and O–H groups in total. The largest absolute Gasteiger partial charge is 0.497 e. The summed E-state index contributed by atoms with van der Waals surface area (Å²) in [5.41, 5.74) is 1.01. The number of aryl methyl sites for hydroxylation is 1. The van der Waals surface area contributed by atoms with Crippen molar-refractivity contribution < 1.29 is 9.53 Å². The van der Waals surface area contributed by atoms with Gasteiger partial charge in [-0.1, -0.05) is 6.07 Å². The molecule has 0 unspecified atom stereocenters. The molecule has 1 amide bonds. The number of hydrogen-bond donors (Lipinski definition) is 1. The molecule has 0 fully saturated rings. The number of methoxy groups -OCH3 is 1. The van der Waals surface area contributed by atoms with E-state index in [0.29, 0.717) is 22.9 Å². The predicted octanol–water partition coefficient (Wildman–Crippen LogP) is 2.23. The highest BCUT2D eigenvalue weighted by atomic mass is 16.5. The molecule has 0 saturated carbocycles. The number of carbonyl (C=O) groups is 1. The number of anilines is 1. The fraction of sp³-hybridized carbons (Fsp3) is 0.125. The van der Waals surface area contributed by atoms with Gasteiger partial charge in [0.25, 0.3) is 5.91 Å². The van der Waals surface area contributed by atoms with Crippen LogP contribution in [0.2, 0.25) is 0 Å². The van der Waals surface area contributed by atoms with E-state index in [1.165, 1.54) is 0 Å². The molecule has 0 bridgehead atoms. The Balaban J connectivity index is 1.75. The van der Waals surface area contributed by atoms with Gasteiger partial charge in [-0.15, -0.1) is 0 Å². The standard InChI is InChI=1S/C16H15N5O2/c1-11-17-6-7-21(11)16-18-9-13(10-19-16)20-15(22)12-4-3-5-14(8-12)23-2/h3-10H,1-2H3,(H,20,22). The topological polar surface area (TPSA) is 81.9 Å². The molecule has 0 aliphatic rings. The third-order valence-electron chi connectivity index (χ3n) is 3.27. The number of imidazole rings is 1. The lowest BCUT2D eigenvalue weighted by Crippen LogP contribution is -2.13. The first kappa shape index (κ1) is 14.7. The van der Waals surface area contributed by atoms with Crippen molar-refractivity contribution in [2.45, 2.75) is 6.92 Å². The number of nitrogens with one attached hydrogen (secondary N) is 1. The summed E-state index contributed by atoms with van der Waals surface area (Å²) in [5.74, 6) is 1.66. The van der Waals surface area contributed by atoms with Crippen molar-refractivity contribution in [1.29, 1.82) is 0 Å². The van der Waals surface area contributed by atoms with Crippen LogP contribution < -0.4 is 10.1 Å². The summed E-state index contributed by atoms with van der Waals surface area (Å²) in [6.45, 7) is 1.86. The van der Waals surface area contributed by atoms with Gasteiger partial charge >= 0.3 is 0 Å². The Bertz CT molecular complexity index is 826. The minimum absolute atomic E-state index is 0.251. The van der Waals surface area contributed by atoms with E-state index in [4.69, 9.17) is 4.74 Å².